The van der Waals surface area contributed by atoms with Crippen molar-refractivity contribution < 1.29 is 14.0 Å². The Labute approximate surface area is 144 Å². The van der Waals surface area contributed by atoms with E-state index in [4.69, 9.17) is 4.42 Å². The van der Waals surface area contributed by atoms with Crippen molar-refractivity contribution in [3.8, 4) is 0 Å². The maximum absolute atomic E-state index is 12.3. The molecule has 126 valence electrons. The summed E-state index contributed by atoms with van der Waals surface area (Å²) in [5, 5.41) is 5.22. The minimum atomic E-state index is -0.203. The number of furan rings is 1. The molecule has 1 N–H and O–H groups in total. The molecule has 6 nitrogen and oxygen atoms in total. The molecule has 1 saturated heterocycles. The fourth-order valence-corrected chi connectivity index (χ4v) is 3.22. The number of nitrogens with one attached hydrogen (secondary N) is 1. The molecular weight excluding hydrogens is 326 g/mol. The minimum absolute atomic E-state index is 0.0758. The van der Waals surface area contributed by atoms with Gasteiger partial charge in [0.25, 0.3) is 0 Å². The van der Waals surface area contributed by atoms with Crippen molar-refractivity contribution in [2.24, 2.45) is 5.92 Å². The predicted octanol–water partition coefficient (Wildman–Crippen LogP) is 2.94. The molecule has 0 saturated carbocycles. The van der Waals surface area contributed by atoms with Crippen LogP contribution < -0.4 is 5.32 Å². The van der Waals surface area contributed by atoms with Gasteiger partial charge in [0, 0.05) is 30.7 Å². The second kappa shape index (κ2) is 7.44. The summed E-state index contributed by atoms with van der Waals surface area (Å²) in [6.07, 6.45) is 6.41. The summed E-state index contributed by atoms with van der Waals surface area (Å²) in [6.45, 7) is 2.95. The molecule has 3 rings (SSSR count). The van der Waals surface area contributed by atoms with E-state index in [2.05, 4.69) is 10.3 Å². The summed E-state index contributed by atoms with van der Waals surface area (Å²) in [5.74, 6) is 1.07. The van der Waals surface area contributed by atoms with Gasteiger partial charge in [-0.15, -0.1) is 11.3 Å². The fraction of sp³-hybridized carbons (Fsp3) is 0.353. The number of amides is 2. The number of piperidine rings is 1. The van der Waals surface area contributed by atoms with Crippen LogP contribution in [0.4, 0.5) is 5.13 Å². The second-order valence-corrected chi connectivity index (χ2v) is 6.63. The van der Waals surface area contributed by atoms with Crippen LogP contribution >= 0.6 is 11.3 Å². The van der Waals surface area contributed by atoms with Gasteiger partial charge in [0.1, 0.15) is 11.5 Å². The highest BCUT2D eigenvalue weighted by molar-refractivity contribution is 7.13. The first-order valence-electron chi connectivity index (χ1n) is 7.85. The van der Waals surface area contributed by atoms with Gasteiger partial charge in [-0.2, -0.15) is 0 Å². The number of thiazole rings is 1. The number of hydrogen-bond donors (Lipinski definition) is 1. The Bertz CT molecular complexity index is 736. The van der Waals surface area contributed by atoms with Crippen LogP contribution in [0.3, 0.4) is 0 Å². The molecule has 1 aliphatic heterocycles. The number of aryl methyl sites for hydroxylation is 1. The van der Waals surface area contributed by atoms with Crippen LogP contribution in [0, 0.1) is 12.8 Å². The van der Waals surface area contributed by atoms with E-state index in [0.717, 1.165) is 18.6 Å². The summed E-state index contributed by atoms with van der Waals surface area (Å²) >= 11 is 1.38. The van der Waals surface area contributed by atoms with E-state index in [1.165, 1.54) is 17.4 Å². The van der Waals surface area contributed by atoms with E-state index in [1.54, 1.807) is 17.2 Å². The zero-order chi connectivity index (χ0) is 16.9. The molecule has 0 aromatic carbocycles. The van der Waals surface area contributed by atoms with Gasteiger partial charge >= 0.3 is 0 Å². The van der Waals surface area contributed by atoms with Crippen molar-refractivity contribution >= 4 is 34.4 Å². The molecule has 0 bridgehead atoms. The summed E-state index contributed by atoms with van der Waals surface area (Å²) in [6, 6.07) is 3.67. The number of hydrogen-bond acceptors (Lipinski definition) is 5. The molecule has 1 fully saturated rings. The van der Waals surface area contributed by atoms with Gasteiger partial charge in [-0.05, 0) is 38.0 Å². The molecule has 0 radical (unpaired) electrons. The smallest absolute Gasteiger partial charge is 0.246 e. The van der Waals surface area contributed by atoms with E-state index in [-0.39, 0.29) is 17.7 Å². The zero-order valence-electron chi connectivity index (χ0n) is 13.4. The van der Waals surface area contributed by atoms with Crippen molar-refractivity contribution in [2.45, 2.75) is 19.8 Å². The highest BCUT2D eigenvalue weighted by Gasteiger charge is 2.28. The lowest BCUT2D eigenvalue weighted by Crippen LogP contribution is -2.43. The van der Waals surface area contributed by atoms with Crippen LogP contribution in [0.15, 0.2) is 34.2 Å². The Morgan fingerprint density at radius 2 is 2.33 bits per heavy atom. The molecule has 2 amide bonds. The van der Waals surface area contributed by atoms with Crippen molar-refractivity contribution in [3.05, 3.63) is 41.3 Å². The number of carbonyl (C=O) groups excluding carboxylic acids is 2. The third kappa shape index (κ3) is 4.11. The van der Waals surface area contributed by atoms with E-state index in [0.29, 0.717) is 24.0 Å². The Balaban J connectivity index is 1.57. The van der Waals surface area contributed by atoms with Crippen molar-refractivity contribution in [3.63, 3.8) is 0 Å². The fourth-order valence-electron chi connectivity index (χ4n) is 2.69. The Morgan fingerprint density at radius 3 is 3.04 bits per heavy atom. The van der Waals surface area contributed by atoms with Crippen LogP contribution in [0.2, 0.25) is 0 Å². The van der Waals surface area contributed by atoms with Gasteiger partial charge in [0.15, 0.2) is 5.13 Å². The van der Waals surface area contributed by atoms with Gasteiger partial charge in [-0.25, -0.2) is 4.98 Å². The average Bonchev–Trinajstić information content (AvgIpc) is 3.24. The molecule has 0 aliphatic carbocycles. The van der Waals surface area contributed by atoms with E-state index in [1.807, 2.05) is 24.4 Å². The van der Waals surface area contributed by atoms with Crippen LogP contribution in [-0.4, -0.2) is 34.8 Å². The molecule has 1 unspecified atom stereocenters. The highest BCUT2D eigenvalue weighted by Crippen LogP contribution is 2.20. The molecule has 3 heterocycles. The Morgan fingerprint density at radius 1 is 1.46 bits per heavy atom. The first-order valence-corrected chi connectivity index (χ1v) is 8.73. The van der Waals surface area contributed by atoms with Crippen LogP contribution in [-0.2, 0) is 9.59 Å². The summed E-state index contributed by atoms with van der Waals surface area (Å²) in [7, 11) is 0. The monoisotopic (exact) mass is 345 g/mol. The molecule has 7 heteroatoms. The molecule has 1 atom stereocenters. The number of rotatable bonds is 4. The standard InChI is InChI=1S/C17H19N3O3S/c1-12-4-5-14(23-12)6-7-15(21)20-9-2-3-13(11-20)16(22)19-17-18-8-10-24-17/h4-8,10,13H,2-3,9,11H2,1H3,(H,18,19,22). The quantitative estimate of drug-likeness (QED) is 0.865. The first kappa shape index (κ1) is 16.4. The zero-order valence-corrected chi connectivity index (χ0v) is 14.2. The topological polar surface area (TPSA) is 75.4 Å². The van der Waals surface area contributed by atoms with Gasteiger partial charge in [0.05, 0.1) is 5.92 Å². The number of likely N-dealkylation sites (tertiary alicyclic amines) is 1. The average molecular weight is 345 g/mol. The third-order valence-electron chi connectivity index (χ3n) is 3.92. The number of anilines is 1. The van der Waals surface area contributed by atoms with Gasteiger partial charge in [0.2, 0.25) is 11.8 Å². The van der Waals surface area contributed by atoms with Crippen LogP contribution in [0.1, 0.15) is 24.4 Å². The van der Waals surface area contributed by atoms with Crippen molar-refractivity contribution in [1.82, 2.24) is 9.88 Å². The molecule has 24 heavy (non-hydrogen) atoms. The lowest BCUT2D eigenvalue weighted by Gasteiger charge is -2.31. The highest BCUT2D eigenvalue weighted by atomic mass is 32.1. The number of nitrogens with zero attached hydrogens (tertiary/aromatic N) is 2. The summed E-state index contributed by atoms with van der Waals surface area (Å²) in [4.78, 5) is 30.4. The summed E-state index contributed by atoms with van der Waals surface area (Å²) < 4.78 is 5.41. The normalized spacial score (nSPS) is 18.0. The lowest BCUT2D eigenvalue weighted by atomic mass is 9.97. The van der Waals surface area contributed by atoms with Gasteiger partial charge in [-0.1, -0.05) is 0 Å². The third-order valence-corrected chi connectivity index (χ3v) is 4.61. The van der Waals surface area contributed by atoms with Gasteiger partial charge < -0.3 is 14.6 Å². The van der Waals surface area contributed by atoms with Crippen molar-refractivity contribution in [1.29, 1.82) is 0 Å². The van der Waals surface area contributed by atoms with Crippen molar-refractivity contribution in [2.75, 3.05) is 18.4 Å². The predicted molar refractivity (Wildman–Crippen MR) is 92.5 cm³/mol. The molecule has 2 aromatic heterocycles. The number of aromatic nitrogens is 1. The number of carbonyl (C=O) groups is 2. The minimum Gasteiger partial charge on any atom is -0.462 e. The van der Waals surface area contributed by atoms with E-state index in [9.17, 15) is 9.59 Å². The molecular formula is C17H19N3O3S. The second-order valence-electron chi connectivity index (χ2n) is 5.73. The maximum atomic E-state index is 12.3. The molecule has 0 spiro atoms. The van der Waals surface area contributed by atoms with Crippen LogP contribution in [0.5, 0.6) is 0 Å². The first-order chi connectivity index (χ1) is 11.6. The lowest BCUT2D eigenvalue weighted by molar-refractivity contribution is -0.130. The van der Waals surface area contributed by atoms with E-state index < -0.39 is 0 Å². The largest absolute Gasteiger partial charge is 0.462 e. The maximum Gasteiger partial charge on any atom is 0.246 e. The SMILES string of the molecule is Cc1ccc(C=CC(=O)N2CCCC(C(=O)Nc3nccs3)C2)o1. The van der Waals surface area contributed by atoms with Crippen LogP contribution in [0.25, 0.3) is 6.08 Å². The Hall–Kier alpha value is -2.41. The molecule has 1 aliphatic rings. The Kier molecular flexibility index (Phi) is 5.10. The van der Waals surface area contributed by atoms with E-state index >= 15 is 0 Å². The molecule has 2 aromatic rings. The summed E-state index contributed by atoms with van der Waals surface area (Å²) in [5.41, 5.74) is 0. The van der Waals surface area contributed by atoms with Gasteiger partial charge in [-0.3, -0.25) is 9.59 Å².